The predicted octanol–water partition coefficient (Wildman–Crippen LogP) is -0.191. The molecule has 0 saturated carbocycles. The molecule has 0 aromatic carbocycles. The van der Waals surface area contributed by atoms with Gasteiger partial charge in [0.25, 0.3) is 0 Å². The van der Waals surface area contributed by atoms with Gasteiger partial charge in [-0.05, 0) is 26.6 Å². The van der Waals surface area contributed by atoms with Crippen LogP contribution in [0, 0.1) is 0 Å². The lowest BCUT2D eigenvalue weighted by atomic mass is 9.94. The monoisotopic (exact) mass is 202 g/mol. The van der Waals surface area contributed by atoms with Gasteiger partial charge in [0, 0.05) is 32.6 Å². The van der Waals surface area contributed by atoms with Crippen LogP contribution in [0.1, 0.15) is 19.3 Å². The second-order valence-electron chi connectivity index (χ2n) is 4.22. The Morgan fingerprint density at radius 1 is 1.43 bits per heavy atom. The molecule has 1 fully saturated rings. The first-order valence-electron chi connectivity index (χ1n) is 5.35. The molecule has 0 aromatic heterocycles. The Labute approximate surface area is 86.0 Å². The highest BCUT2D eigenvalue weighted by atomic mass is 16.5. The Morgan fingerprint density at radius 2 is 2.07 bits per heavy atom. The molecule has 1 aliphatic rings. The number of nitrogens with two attached hydrogens (primary N) is 1. The van der Waals surface area contributed by atoms with E-state index in [-0.39, 0.29) is 0 Å². The fraction of sp³-hybridized carbons (Fsp3) is 1.00. The molecule has 0 aliphatic carbocycles. The molecule has 4 heteroatoms. The first-order valence-corrected chi connectivity index (χ1v) is 5.35. The van der Waals surface area contributed by atoms with Gasteiger partial charge < -0.3 is 20.5 Å². The number of likely N-dealkylation sites (N-methyl/N-ethyl adjacent to an activating group) is 1. The number of ether oxygens (including phenoxy) is 1. The minimum atomic E-state index is -0.540. The van der Waals surface area contributed by atoms with Crippen molar-refractivity contribution in [1.29, 1.82) is 0 Å². The van der Waals surface area contributed by atoms with Gasteiger partial charge in [-0.1, -0.05) is 0 Å². The second-order valence-corrected chi connectivity index (χ2v) is 4.22. The van der Waals surface area contributed by atoms with Crippen LogP contribution in [0.25, 0.3) is 0 Å². The fourth-order valence-electron chi connectivity index (χ4n) is 1.85. The van der Waals surface area contributed by atoms with Crippen molar-refractivity contribution >= 4 is 0 Å². The fourth-order valence-corrected chi connectivity index (χ4v) is 1.85. The molecule has 0 bridgehead atoms. The second kappa shape index (κ2) is 5.66. The minimum Gasteiger partial charge on any atom is -0.388 e. The summed E-state index contributed by atoms with van der Waals surface area (Å²) in [5, 5.41) is 10.2. The third-order valence-electron chi connectivity index (χ3n) is 2.73. The van der Waals surface area contributed by atoms with Crippen molar-refractivity contribution < 1.29 is 9.84 Å². The zero-order valence-corrected chi connectivity index (χ0v) is 9.04. The van der Waals surface area contributed by atoms with Crippen LogP contribution in [-0.4, -0.2) is 55.5 Å². The largest absolute Gasteiger partial charge is 0.388 e. The van der Waals surface area contributed by atoms with E-state index in [9.17, 15) is 5.11 Å². The van der Waals surface area contributed by atoms with Crippen molar-refractivity contribution in [3.05, 3.63) is 0 Å². The van der Waals surface area contributed by atoms with E-state index in [2.05, 4.69) is 4.90 Å². The van der Waals surface area contributed by atoms with Crippen LogP contribution in [-0.2, 0) is 4.74 Å². The maximum atomic E-state index is 10.2. The highest BCUT2D eigenvalue weighted by molar-refractivity contribution is 4.83. The number of hydrogen-bond donors (Lipinski definition) is 2. The highest BCUT2D eigenvalue weighted by Gasteiger charge is 2.30. The third-order valence-corrected chi connectivity index (χ3v) is 2.73. The van der Waals surface area contributed by atoms with Gasteiger partial charge >= 0.3 is 0 Å². The van der Waals surface area contributed by atoms with E-state index in [4.69, 9.17) is 10.5 Å². The Kier molecular flexibility index (Phi) is 4.81. The zero-order chi connectivity index (χ0) is 10.4. The van der Waals surface area contributed by atoms with E-state index in [1.165, 1.54) is 0 Å². The summed E-state index contributed by atoms with van der Waals surface area (Å²) < 4.78 is 5.23. The molecule has 0 amide bonds. The molecule has 3 N–H and O–H groups in total. The molecule has 1 heterocycles. The van der Waals surface area contributed by atoms with Crippen molar-refractivity contribution in [2.24, 2.45) is 5.73 Å². The summed E-state index contributed by atoms with van der Waals surface area (Å²) in [6.45, 7) is 3.77. The van der Waals surface area contributed by atoms with Crippen LogP contribution in [0.15, 0.2) is 0 Å². The lowest BCUT2D eigenvalue weighted by Gasteiger charge is -2.35. The summed E-state index contributed by atoms with van der Waals surface area (Å²) in [4.78, 5) is 2.15. The summed E-state index contributed by atoms with van der Waals surface area (Å²) in [6, 6.07) is 0. The lowest BCUT2D eigenvalue weighted by molar-refractivity contribution is -0.0768. The predicted molar refractivity (Wildman–Crippen MR) is 56.2 cm³/mol. The molecule has 0 radical (unpaired) electrons. The van der Waals surface area contributed by atoms with E-state index in [1.807, 2.05) is 7.05 Å². The Hall–Kier alpha value is -0.160. The molecule has 1 aliphatic heterocycles. The maximum absolute atomic E-state index is 10.2. The minimum absolute atomic E-state index is 0.540. The van der Waals surface area contributed by atoms with Gasteiger partial charge in [-0.3, -0.25) is 0 Å². The van der Waals surface area contributed by atoms with E-state index >= 15 is 0 Å². The van der Waals surface area contributed by atoms with Gasteiger partial charge in [0.1, 0.15) is 0 Å². The maximum Gasteiger partial charge on any atom is 0.0817 e. The molecule has 0 spiro atoms. The molecule has 0 unspecified atom stereocenters. The van der Waals surface area contributed by atoms with Crippen LogP contribution >= 0.6 is 0 Å². The average Bonchev–Trinajstić information content (AvgIpc) is 2.15. The molecule has 1 rings (SSSR count). The molecule has 0 aromatic rings. The van der Waals surface area contributed by atoms with E-state index < -0.39 is 5.60 Å². The van der Waals surface area contributed by atoms with Crippen LogP contribution in [0.4, 0.5) is 0 Å². The van der Waals surface area contributed by atoms with Gasteiger partial charge in [0.15, 0.2) is 0 Å². The Balaban J connectivity index is 2.25. The van der Waals surface area contributed by atoms with Crippen LogP contribution in [0.5, 0.6) is 0 Å². The van der Waals surface area contributed by atoms with E-state index in [1.54, 1.807) is 0 Å². The van der Waals surface area contributed by atoms with Gasteiger partial charge in [-0.25, -0.2) is 0 Å². The van der Waals surface area contributed by atoms with Crippen LogP contribution in [0.3, 0.4) is 0 Å². The van der Waals surface area contributed by atoms with Gasteiger partial charge in [0.05, 0.1) is 5.60 Å². The summed E-state index contributed by atoms with van der Waals surface area (Å²) in [6.07, 6.45) is 2.49. The normalized spacial score (nSPS) is 21.4. The SMILES string of the molecule is CN(CCCN)CC1(O)CCOCC1. The van der Waals surface area contributed by atoms with Crippen LogP contribution in [0.2, 0.25) is 0 Å². The average molecular weight is 202 g/mol. The molecule has 14 heavy (non-hydrogen) atoms. The highest BCUT2D eigenvalue weighted by Crippen LogP contribution is 2.21. The van der Waals surface area contributed by atoms with Gasteiger partial charge in [0.2, 0.25) is 0 Å². The quantitative estimate of drug-likeness (QED) is 0.648. The van der Waals surface area contributed by atoms with Crippen molar-refractivity contribution in [3.8, 4) is 0 Å². The van der Waals surface area contributed by atoms with Crippen molar-refractivity contribution in [1.82, 2.24) is 4.90 Å². The number of rotatable bonds is 5. The molecule has 1 saturated heterocycles. The van der Waals surface area contributed by atoms with Gasteiger partial charge in [-0.2, -0.15) is 0 Å². The first-order chi connectivity index (χ1) is 6.66. The summed E-state index contributed by atoms with van der Waals surface area (Å²) >= 11 is 0. The third kappa shape index (κ3) is 3.92. The Morgan fingerprint density at radius 3 is 2.64 bits per heavy atom. The summed E-state index contributed by atoms with van der Waals surface area (Å²) in [5.41, 5.74) is 4.89. The Bertz CT molecular complexity index is 158. The van der Waals surface area contributed by atoms with E-state index in [0.29, 0.717) is 19.8 Å². The summed E-state index contributed by atoms with van der Waals surface area (Å²) in [7, 11) is 2.03. The molecule has 0 atom stereocenters. The van der Waals surface area contributed by atoms with Crippen molar-refractivity contribution in [2.75, 3.05) is 39.9 Å². The number of hydrogen-bond acceptors (Lipinski definition) is 4. The summed E-state index contributed by atoms with van der Waals surface area (Å²) in [5.74, 6) is 0. The topological polar surface area (TPSA) is 58.7 Å². The van der Waals surface area contributed by atoms with E-state index in [0.717, 1.165) is 32.4 Å². The van der Waals surface area contributed by atoms with Crippen molar-refractivity contribution in [2.45, 2.75) is 24.9 Å². The zero-order valence-electron chi connectivity index (χ0n) is 9.04. The number of nitrogens with zero attached hydrogens (tertiary/aromatic N) is 1. The molecular weight excluding hydrogens is 180 g/mol. The van der Waals surface area contributed by atoms with Crippen LogP contribution < -0.4 is 5.73 Å². The van der Waals surface area contributed by atoms with Gasteiger partial charge in [-0.15, -0.1) is 0 Å². The first kappa shape index (κ1) is 11.9. The molecular formula is C10H22N2O2. The smallest absolute Gasteiger partial charge is 0.0817 e. The molecule has 84 valence electrons. The molecule has 4 nitrogen and oxygen atoms in total. The lowest BCUT2D eigenvalue weighted by Crippen LogP contribution is -2.46. The number of aliphatic hydroxyl groups is 1. The van der Waals surface area contributed by atoms with Crippen molar-refractivity contribution in [3.63, 3.8) is 0 Å². The standard InChI is InChI=1S/C10H22N2O2/c1-12(6-2-5-11)9-10(13)3-7-14-8-4-10/h13H,2-9,11H2,1H3.